The minimum Gasteiger partial charge on any atom is -0.379 e. The van der Waals surface area contributed by atoms with Gasteiger partial charge in [-0.3, -0.25) is 10.2 Å². The number of morpholine rings is 1. The predicted molar refractivity (Wildman–Crippen MR) is 50.7 cm³/mol. The van der Waals surface area contributed by atoms with Crippen LogP contribution in [0.15, 0.2) is 0 Å². The van der Waals surface area contributed by atoms with E-state index in [2.05, 4.69) is 5.43 Å². The van der Waals surface area contributed by atoms with E-state index in [9.17, 15) is 4.79 Å². The predicted octanol–water partition coefficient (Wildman–Crippen LogP) is 0.213. The van der Waals surface area contributed by atoms with Gasteiger partial charge in [-0.05, 0) is 0 Å². The molecule has 1 aliphatic heterocycles. The third-order valence-electron chi connectivity index (χ3n) is 1.33. The van der Waals surface area contributed by atoms with Gasteiger partial charge in [0, 0.05) is 20.0 Å². The molecule has 0 aromatic heterocycles. The Morgan fingerprint density at radius 3 is 2.25 bits per heavy atom. The van der Waals surface area contributed by atoms with Crippen LogP contribution in [0.25, 0.3) is 0 Å². The summed E-state index contributed by atoms with van der Waals surface area (Å²) in [6, 6.07) is 0. The minimum atomic E-state index is -0.0121. The Morgan fingerprint density at radius 1 is 1.33 bits per heavy atom. The van der Waals surface area contributed by atoms with E-state index in [1.54, 1.807) is 0 Å². The van der Waals surface area contributed by atoms with Crippen LogP contribution in [0.3, 0.4) is 0 Å². The average Bonchev–Trinajstić information content (AvgIpc) is 1.88. The molecule has 0 bridgehead atoms. The van der Waals surface area contributed by atoms with Crippen molar-refractivity contribution in [3.05, 3.63) is 0 Å². The number of halogens is 2. The fourth-order valence-electron chi connectivity index (χ4n) is 0.898. The summed E-state index contributed by atoms with van der Waals surface area (Å²) in [5.41, 5.74) is 2.70. The van der Waals surface area contributed by atoms with Gasteiger partial charge in [0.2, 0.25) is 5.91 Å². The number of carbonyl (C=O) groups excluding carboxylic acids is 1. The first kappa shape index (κ1) is 14.5. The van der Waals surface area contributed by atoms with Gasteiger partial charge >= 0.3 is 0 Å². The van der Waals surface area contributed by atoms with Crippen LogP contribution in [-0.4, -0.2) is 37.2 Å². The fraction of sp³-hybridized carbons (Fsp3) is 0.833. The summed E-state index contributed by atoms with van der Waals surface area (Å²) in [5.74, 6) is -0.0121. The van der Waals surface area contributed by atoms with Crippen molar-refractivity contribution in [2.75, 3.05) is 26.3 Å². The number of hydrogen-bond acceptors (Lipinski definition) is 3. The van der Waals surface area contributed by atoms with Crippen LogP contribution in [-0.2, 0) is 9.53 Å². The maximum absolute atomic E-state index is 10.5. The average molecular weight is 217 g/mol. The zero-order chi connectivity index (χ0) is 7.40. The van der Waals surface area contributed by atoms with Gasteiger partial charge in [-0.2, -0.15) is 0 Å². The molecule has 0 aromatic carbocycles. The summed E-state index contributed by atoms with van der Waals surface area (Å²) < 4.78 is 5.09. The van der Waals surface area contributed by atoms with Crippen LogP contribution in [0, 0.1) is 0 Å². The van der Waals surface area contributed by atoms with E-state index in [0.29, 0.717) is 13.2 Å². The van der Waals surface area contributed by atoms with Crippen molar-refractivity contribution >= 4 is 30.7 Å². The summed E-state index contributed by atoms with van der Waals surface area (Å²) in [4.78, 5) is 10.5. The lowest BCUT2D eigenvalue weighted by molar-refractivity contribution is -0.125. The fourth-order valence-corrected chi connectivity index (χ4v) is 0.898. The Hall–Kier alpha value is -0.0300. The molecule has 0 unspecified atom stereocenters. The standard InChI is InChI=1S/C6H12N2O2.2ClH/c1-6(9)7-8-2-4-10-5-3-8;;/h2-5H2,1H3,(H,7,9);2*1H. The quantitative estimate of drug-likeness (QED) is 0.682. The number of rotatable bonds is 1. The van der Waals surface area contributed by atoms with E-state index < -0.39 is 0 Å². The van der Waals surface area contributed by atoms with Crippen LogP contribution in [0.5, 0.6) is 0 Å². The van der Waals surface area contributed by atoms with E-state index in [1.165, 1.54) is 6.92 Å². The molecular weight excluding hydrogens is 203 g/mol. The number of ether oxygens (including phenoxy) is 1. The van der Waals surface area contributed by atoms with E-state index >= 15 is 0 Å². The topological polar surface area (TPSA) is 41.6 Å². The Balaban J connectivity index is 0. The van der Waals surface area contributed by atoms with Gasteiger partial charge in [0.1, 0.15) is 0 Å². The van der Waals surface area contributed by atoms with Gasteiger partial charge in [0.05, 0.1) is 13.2 Å². The second kappa shape index (κ2) is 7.61. The van der Waals surface area contributed by atoms with Gasteiger partial charge in [0.25, 0.3) is 0 Å². The Kier molecular flexibility index (Phi) is 9.19. The van der Waals surface area contributed by atoms with Crippen molar-refractivity contribution < 1.29 is 9.53 Å². The summed E-state index contributed by atoms with van der Waals surface area (Å²) >= 11 is 0. The van der Waals surface area contributed by atoms with Crippen molar-refractivity contribution in [2.45, 2.75) is 6.92 Å². The molecule has 0 atom stereocenters. The number of hydrazine groups is 1. The third kappa shape index (κ3) is 5.60. The lowest BCUT2D eigenvalue weighted by atomic mass is 10.5. The van der Waals surface area contributed by atoms with E-state index in [0.717, 1.165) is 13.1 Å². The first-order valence-corrected chi connectivity index (χ1v) is 3.39. The highest BCUT2D eigenvalue weighted by Gasteiger charge is 2.09. The lowest BCUT2D eigenvalue weighted by Gasteiger charge is -2.26. The summed E-state index contributed by atoms with van der Waals surface area (Å²) in [7, 11) is 0. The molecule has 1 aliphatic rings. The molecule has 0 saturated carbocycles. The monoisotopic (exact) mass is 216 g/mol. The van der Waals surface area contributed by atoms with Crippen molar-refractivity contribution in [3.8, 4) is 0 Å². The summed E-state index contributed by atoms with van der Waals surface area (Å²) in [6.45, 7) is 4.51. The Morgan fingerprint density at radius 2 is 1.83 bits per heavy atom. The molecule has 1 N–H and O–H groups in total. The van der Waals surface area contributed by atoms with Crippen LogP contribution in [0.4, 0.5) is 0 Å². The maximum Gasteiger partial charge on any atom is 0.231 e. The smallest absolute Gasteiger partial charge is 0.231 e. The maximum atomic E-state index is 10.5. The number of carbonyl (C=O) groups is 1. The van der Waals surface area contributed by atoms with Gasteiger partial charge in [-0.15, -0.1) is 24.8 Å². The van der Waals surface area contributed by atoms with Crippen LogP contribution < -0.4 is 5.43 Å². The first-order valence-electron chi connectivity index (χ1n) is 3.39. The molecule has 1 saturated heterocycles. The van der Waals surface area contributed by atoms with E-state index in [1.807, 2.05) is 5.01 Å². The molecule has 1 heterocycles. The van der Waals surface area contributed by atoms with Crippen molar-refractivity contribution in [3.63, 3.8) is 0 Å². The largest absolute Gasteiger partial charge is 0.379 e. The SMILES string of the molecule is CC(=O)NN1CCOCC1.Cl.Cl. The molecule has 6 heteroatoms. The van der Waals surface area contributed by atoms with Crippen LogP contribution >= 0.6 is 24.8 Å². The second-order valence-corrected chi connectivity index (χ2v) is 2.27. The third-order valence-corrected chi connectivity index (χ3v) is 1.33. The van der Waals surface area contributed by atoms with Crippen LogP contribution in [0.1, 0.15) is 6.92 Å². The minimum absolute atomic E-state index is 0. The lowest BCUT2D eigenvalue weighted by Crippen LogP contribution is -2.47. The van der Waals surface area contributed by atoms with Gasteiger partial charge in [-0.1, -0.05) is 0 Å². The zero-order valence-corrected chi connectivity index (χ0v) is 8.54. The number of hydrogen-bond donors (Lipinski definition) is 1. The zero-order valence-electron chi connectivity index (χ0n) is 6.91. The molecule has 0 spiro atoms. The molecule has 1 rings (SSSR count). The molecule has 12 heavy (non-hydrogen) atoms. The van der Waals surface area contributed by atoms with Gasteiger partial charge in [0.15, 0.2) is 0 Å². The van der Waals surface area contributed by atoms with Crippen LogP contribution in [0.2, 0.25) is 0 Å². The number of nitrogens with zero attached hydrogens (tertiary/aromatic N) is 1. The van der Waals surface area contributed by atoms with Gasteiger partial charge < -0.3 is 4.74 Å². The number of nitrogens with one attached hydrogen (secondary N) is 1. The molecule has 0 radical (unpaired) electrons. The normalized spacial score (nSPS) is 17.1. The molecule has 0 aliphatic carbocycles. The molecule has 4 nitrogen and oxygen atoms in total. The molecule has 1 amide bonds. The highest BCUT2D eigenvalue weighted by Crippen LogP contribution is 1.91. The molecular formula is C6H14Cl2N2O2. The van der Waals surface area contributed by atoms with Crippen molar-refractivity contribution in [1.82, 2.24) is 10.4 Å². The molecule has 1 fully saturated rings. The first-order chi connectivity index (χ1) is 4.79. The highest BCUT2D eigenvalue weighted by atomic mass is 35.5. The Labute approximate surface area is 84.4 Å². The summed E-state index contributed by atoms with van der Waals surface area (Å²) in [5, 5.41) is 1.87. The second-order valence-electron chi connectivity index (χ2n) is 2.27. The van der Waals surface area contributed by atoms with Crippen molar-refractivity contribution in [1.29, 1.82) is 0 Å². The van der Waals surface area contributed by atoms with Gasteiger partial charge in [-0.25, -0.2) is 5.01 Å². The highest BCUT2D eigenvalue weighted by molar-refractivity contribution is 5.85. The van der Waals surface area contributed by atoms with E-state index in [-0.39, 0.29) is 30.7 Å². The number of amides is 1. The molecule has 74 valence electrons. The molecule has 0 aromatic rings. The van der Waals surface area contributed by atoms with E-state index in [4.69, 9.17) is 4.74 Å². The van der Waals surface area contributed by atoms with Crippen molar-refractivity contribution in [2.24, 2.45) is 0 Å². The Bertz CT molecular complexity index is 129. The summed E-state index contributed by atoms with van der Waals surface area (Å²) in [6.07, 6.45) is 0.